The lowest BCUT2D eigenvalue weighted by atomic mass is 10.0. The van der Waals surface area contributed by atoms with Gasteiger partial charge in [0.1, 0.15) is 29.0 Å². The smallest absolute Gasteiger partial charge is 0.422 e. The van der Waals surface area contributed by atoms with E-state index in [-0.39, 0.29) is 109 Å². The van der Waals surface area contributed by atoms with Gasteiger partial charge in [-0.05, 0) is 140 Å². The van der Waals surface area contributed by atoms with Crippen molar-refractivity contribution in [2.45, 2.75) is 126 Å². The summed E-state index contributed by atoms with van der Waals surface area (Å²) in [6.45, 7) is -3.46. The Morgan fingerprint density at radius 2 is 0.711 bits per heavy atom. The van der Waals surface area contributed by atoms with Crippen molar-refractivity contribution in [2.75, 3.05) is 53.0 Å². The molecule has 0 aliphatic heterocycles. The zero-order valence-electron chi connectivity index (χ0n) is 60.2. The fraction of sp³-hybridized carbons (Fsp3) is 0.347. The maximum Gasteiger partial charge on any atom is 0.422 e. The van der Waals surface area contributed by atoms with E-state index in [4.69, 9.17) is 59.3 Å². The molecule has 9 aromatic rings. The third-order valence-electron chi connectivity index (χ3n) is 17.5. The molecule has 0 bridgehead atoms. The molecule has 6 N–H and O–H groups in total. The average molecular weight is 1690 g/mol. The second kappa shape index (κ2) is 36.5. The van der Waals surface area contributed by atoms with Crippen LogP contribution in [0.1, 0.15) is 153 Å². The van der Waals surface area contributed by atoms with Crippen LogP contribution in [-0.2, 0) is 60.5 Å². The van der Waals surface area contributed by atoms with Gasteiger partial charge in [-0.15, -0.1) is 0 Å². The van der Waals surface area contributed by atoms with Crippen molar-refractivity contribution in [3.05, 3.63) is 228 Å². The van der Waals surface area contributed by atoms with Gasteiger partial charge < -0.3 is 35.3 Å². The van der Waals surface area contributed by atoms with Crippen LogP contribution in [0.3, 0.4) is 0 Å². The largest absolute Gasteiger partial charge is 0.478 e. The van der Waals surface area contributed by atoms with Crippen molar-refractivity contribution < 1.29 is 94.8 Å². The molecule has 3 aliphatic rings. The third kappa shape index (κ3) is 27.2. The van der Waals surface area contributed by atoms with Gasteiger partial charge in [0, 0.05) is 58.3 Å². The van der Waals surface area contributed by atoms with Crippen molar-refractivity contribution in [1.29, 1.82) is 0 Å². The monoisotopic (exact) mass is 1690 g/mol. The normalized spacial score (nSPS) is 14.5. The molecule has 12 rings (SSSR count). The van der Waals surface area contributed by atoms with E-state index >= 15 is 0 Å². The number of carbonyl (C=O) groups excluding carboxylic acids is 3. The maximum atomic E-state index is 12.8. The molecule has 0 amide bonds. The first-order valence-corrected chi connectivity index (χ1v) is 39.5. The summed E-state index contributed by atoms with van der Waals surface area (Å²) in [5.74, 6) is -2.37. The minimum absolute atomic E-state index is 0.00570. The number of ketones is 3. The predicted molar refractivity (Wildman–Crippen MR) is 401 cm³/mol. The number of sulfonamides is 1. The van der Waals surface area contributed by atoms with Crippen molar-refractivity contribution >= 4 is 95.8 Å². The molecule has 6 aromatic carbocycles. The number of hydrogen-bond acceptors (Lipinski definition) is 23. The van der Waals surface area contributed by atoms with E-state index in [0.717, 1.165) is 55.2 Å². The van der Waals surface area contributed by atoms with Gasteiger partial charge >= 0.3 is 42.5 Å². The van der Waals surface area contributed by atoms with Gasteiger partial charge in [0.15, 0.2) is 41.2 Å². The van der Waals surface area contributed by atoms with E-state index in [9.17, 15) is 75.5 Å². The molecule has 0 atom stereocenters. The number of alkyl halides is 9. The summed E-state index contributed by atoms with van der Waals surface area (Å²) in [5.41, 5.74) is 4.33. The molecule has 25 nitrogen and oxygen atoms in total. The number of benzene rings is 6. The first-order valence-electron chi connectivity index (χ1n) is 34.9. The number of nitrogens with two attached hydrogens (primary N) is 1. The molecular weight excluding hydrogens is 1620 g/mol. The molecule has 3 fully saturated rings. The third-order valence-corrected chi connectivity index (χ3v) is 20.9. The Morgan fingerprint density at radius 1 is 0.430 bits per heavy atom. The second-order valence-corrected chi connectivity index (χ2v) is 32.3. The Kier molecular flexibility index (Phi) is 27.6. The van der Waals surface area contributed by atoms with E-state index in [1.165, 1.54) is 19.1 Å². The molecule has 604 valence electrons. The summed E-state index contributed by atoms with van der Waals surface area (Å²) in [6.07, 6.45) is -8.48. The Bertz CT molecular complexity index is 5140. The highest BCUT2D eigenvalue weighted by Crippen LogP contribution is 2.50. The first kappa shape index (κ1) is 86.1. The van der Waals surface area contributed by atoms with Crippen LogP contribution in [0.4, 0.5) is 57.4 Å². The van der Waals surface area contributed by atoms with Crippen LogP contribution in [0, 0.1) is 0 Å². The molecule has 0 spiro atoms. The van der Waals surface area contributed by atoms with Crippen LogP contribution < -0.4 is 35.3 Å². The van der Waals surface area contributed by atoms with E-state index in [0.29, 0.717) is 42.9 Å². The molecule has 3 aliphatic carbocycles. The zero-order chi connectivity index (χ0) is 82.4. The van der Waals surface area contributed by atoms with Crippen LogP contribution in [0.5, 0.6) is 18.0 Å². The van der Waals surface area contributed by atoms with Gasteiger partial charge in [0.2, 0.25) is 27.9 Å². The summed E-state index contributed by atoms with van der Waals surface area (Å²) in [6, 6.07) is 39.3. The number of aromatic nitrogens is 9. The fourth-order valence-electron chi connectivity index (χ4n) is 11.5. The molecule has 0 saturated heterocycles. The standard InChI is InChI=1S/C28H28ClF3N4O5S.C25H25ClF3N5O4S.C22H18ClF3N4O3/c1-18(37)16-42(39,40)14-2-3-23(38)20-6-4-19(5-7-20)15-24-33-25(35-26(34-24)41-17-28(30,31)32)36-27(12-13-27)21-8-10-22(29)11-9-21;26-19-9-7-18(8-10-19)24(11-12-24)34-22-31-21(32-23(33-22)38-15-25(27,28)29)14-16-3-5-17(6-4-16)20(35)2-1-13-39(30,36)37;23-16-7-5-15(6-8-16)21(9-10-21)30-19-27-17(28-20(29-19)33-12-22(24,25)26)11-13-1-3-14(4-2-13)18(31)32/h4-11H,2-3,12-17H2,1H3,(H,33,34,35,36);3-10H,1-2,11-15H2,(H2,30,36,37)(H,31,32,33,34);1-8H,9-12H2,(H,31,32)(H,27,28,29,30). The molecule has 39 heteroatoms. The number of halogens is 12. The van der Waals surface area contributed by atoms with Gasteiger partial charge in [-0.3, -0.25) is 14.4 Å². The first-order chi connectivity index (χ1) is 53.6. The number of hydrogen-bond donors (Lipinski definition) is 5. The summed E-state index contributed by atoms with van der Waals surface area (Å²) in [5, 5.41) is 25.4. The molecule has 114 heavy (non-hydrogen) atoms. The highest BCUT2D eigenvalue weighted by atomic mass is 35.5. The number of aromatic carboxylic acids is 1. The van der Waals surface area contributed by atoms with Gasteiger partial charge in [-0.1, -0.05) is 132 Å². The van der Waals surface area contributed by atoms with Gasteiger partial charge in [0.25, 0.3) is 0 Å². The molecule has 3 heterocycles. The lowest BCUT2D eigenvalue weighted by Crippen LogP contribution is -2.23. The number of nitrogens with one attached hydrogen (secondary N) is 3. The SMILES string of the molecule is CC(=O)CS(=O)(=O)CCCC(=O)c1ccc(Cc2nc(NC3(c4ccc(Cl)cc4)CC3)nc(OCC(F)(F)F)n2)cc1.NS(=O)(=O)CCCC(=O)c1ccc(Cc2nc(NC3(c4ccc(Cl)cc4)CC3)nc(OCC(F)(F)F)n2)cc1.O=C(O)c1ccc(Cc2nc(NC3(c4ccc(Cl)cc4)CC3)nc(OCC(F)(F)F)n2)cc1. The summed E-state index contributed by atoms with van der Waals surface area (Å²) in [4.78, 5) is 84.4. The Labute approximate surface area is 661 Å². The van der Waals surface area contributed by atoms with Crippen LogP contribution in [-0.4, -0.2) is 146 Å². The van der Waals surface area contributed by atoms with Crippen molar-refractivity contribution in [3.63, 3.8) is 0 Å². The van der Waals surface area contributed by atoms with Crippen molar-refractivity contribution in [3.8, 4) is 18.0 Å². The number of carbonyl (C=O) groups is 4. The molecule has 0 unspecified atom stereocenters. The summed E-state index contributed by atoms with van der Waals surface area (Å²) >= 11 is 18.0. The van der Waals surface area contributed by atoms with Crippen LogP contribution in [0.15, 0.2) is 146 Å². The zero-order valence-corrected chi connectivity index (χ0v) is 64.1. The summed E-state index contributed by atoms with van der Waals surface area (Å²) < 4.78 is 175. The fourth-order valence-corrected chi connectivity index (χ4v) is 13.8. The number of sulfone groups is 1. The topological polar surface area (TPSA) is 363 Å². The van der Waals surface area contributed by atoms with Crippen LogP contribution in [0.2, 0.25) is 15.1 Å². The van der Waals surface area contributed by atoms with Crippen molar-refractivity contribution in [2.24, 2.45) is 5.14 Å². The van der Waals surface area contributed by atoms with Crippen LogP contribution >= 0.6 is 34.8 Å². The van der Waals surface area contributed by atoms with E-state index in [1.54, 1.807) is 97.1 Å². The predicted octanol–water partition coefficient (Wildman–Crippen LogP) is 14.4. The molecular formula is C75H71Cl3F9N13O12S2. The van der Waals surface area contributed by atoms with Crippen LogP contribution in [0.25, 0.3) is 0 Å². The number of primary sulfonamides is 1. The highest BCUT2D eigenvalue weighted by molar-refractivity contribution is 7.92. The Morgan fingerprint density at radius 3 is 0.965 bits per heavy atom. The lowest BCUT2D eigenvalue weighted by Gasteiger charge is -2.19. The number of carboxylic acids is 1. The molecule has 3 saturated carbocycles. The number of ether oxygens (including phenoxy) is 3. The van der Waals surface area contributed by atoms with Crippen molar-refractivity contribution in [1.82, 2.24) is 44.9 Å². The number of Topliss-reactive ketones (excluding diaryl/α,β-unsaturated/α-hetero) is 3. The number of nitrogens with zero attached hydrogens (tertiary/aromatic N) is 9. The second-order valence-electron chi connectivity index (χ2n) is 27.1. The van der Waals surface area contributed by atoms with Gasteiger partial charge in [0.05, 0.1) is 33.7 Å². The molecule has 3 aromatic heterocycles. The molecule has 0 radical (unpaired) electrons. The number of rotatable bonds is 34. The van der Waals surface area contributed by atoms with E-state index in [2.05, 4.69) is 60.8 Å². The average Bonchev–Trinajstić information content (AvgIpc) is 1.62. The van der Waals surface area contributed by atoms with E-state index < -0.39 is 110 Å². The quantitative estimate of drug-likeness (QED) is 0.0185. The Balaban J connectivity index is 0.000000182. The number of anilines is 3. The highest BCUT2D eigenvalue weighted by Gasteiger charge is 2.48. The minimum Gasteiger partial charge on any atom is -0.478 e. The summed E-state index contributed by atoms with van der Waals surface area (Å²) in [7, 11) is -7.19. The van der Waals surface area contributed by atoms with Gasteiger partial charge in [-0.2, -0.15) is 84.4 Å². The number of carboxylic acid groups (broad SMARTS) is 1. The Hall–Kier alpha value is -10.3. The van der Waals surface area contributed by atoms with E-state index in [1.807, 2.05) is 36.4 Å². The van der Waals surface area contributed by atoms with Gasteiger partial charge in [-0.25, -0.2) is 26.8 Å². The minimum atomic E-state index is -4.58. The maximum absolute atomic E-state index is 12.8. The lowest BCUT2D eigenvalue weighted by molar-refractivity contribution is -0.155.